The van der Waals surface area contributed by atoms with Crippen molar-refractivity contribution in [2.75, 3.05) is 0 Å². The second kappa shape index (κ2) is 7.00. The Balaban J connectivity index is 1.57. The topological polar surface area (TPSA) is 42.0 Å². The van der Waals surface area contributed by atoms with E-state index in [-0.39, 0.29) is 5.91 Å². The molecule has 0 aliphatic carbocycles. The van der Waals surface area contributed by atoms with Crippen molar-refractivity contribution >= 4 is 17.2 Å². The van der Waals surface area contributed by atoms with Crippen LogP contribution in [0.4, 0.5) is 0 Å². The van der Waals surface area contributed by atoms with Gasteiger partial charge in [-0.1, -0.05) is 60.7 Å². The molecule has 3 rings (SSSR count). The van der Waals surface area contributed by atoms with Crippen molar-refractivity contribution in [3.05, 3.63) is 76.6 Å². The van der Waals surface area contributed by atoms with Crippen molar-refractivity contribution < 1.29 is 4.79 Å². The number of benzene rings is 2. The molecule has 0 atom stereocenters. The molecule has 2 aromatic carbocycles. The summed E-state index contributed by atoms with van der Waals surface area (Å²) >= 11 is 1.52. The minimum absolute atomic E-state index is 0.00202. The quantitative estimate of drug-likeness (QED) is 0.781. The first-order valence-electron chi connectivity index (χ1n) is 7.12. The predicted molar refractivity (Wildman–Crippen MR) is 89.5 cm³/mol. The lowest BCUT2D eigenvalue weighted by atomic mass is 10.2. The maximum absolute atomic E-state index is 12.0. The van der Waals surface area contributed by atoms with Crippen LogP contribution >= 0.6 is 11.3 Å². The minimum Gasteiger partial charge on any atom is -0.352 e. The number of aromatic nitrogens is 1. The van der Waals surface area contributed by atoms with Gasteiger partial charge >= 0.3 is 0 Å². The zero-order valence-corrected chi connectivity index (χ0v) is 12.8. The summed E-state index contributed by atoms with van der Waals surface area (Å²) in [4.78, 5) is 16.5. The fourth-order valence-corrected chi connectivity index (χ4v) is 2.93. The predicted octanol–water partition coefficient (Wildman–Crippen LogP) is 3.67. The Labute approximate surface area is 133 Å². The van der Waals surface area contributed by atoms with Crippen LogP contribution in [0.1, 0.15) is 10.6 Å². The van der Waals surface area contributed by atoms with Gasteiger partial charge in [-0.25, -0.2) is 4.98 Å². The molecule has 0 bridgehead atoms. The van der Waals surface area contributed by atoms with Gasteiger partial charge in [0.1, 0.15) is 5.01 Å². The largest absolute Gasteiger partial charge is 0.352 e. The molecule has 22 heavy (non-hydrogen) atoms. The van der Waals surface area contributed by atoms with E-state index in [0.717, 1.165) is 21.8 Å². The molecule has 110 valence electrons. The van der Waals surface area contributed by atoms with E-state index in [9.17, 15) is 4.79 Å². The van der Waals surface area contributed by atoms with Crippen molar-refractivity contribution in [2.24, 2.45) is 0 Å². The van der Waals surface area contributed by atoms with E-state index in [0.29, 0.717) is 13.0 Å². The maximum Gasteiger partial charge on any atom is 0.227 e. The Morgan fingerprint density at radius 1 is 1.00 bits per heavy atom. The van der Waals surface area contributed by atoms with Gasteiger partial charge in [-0.3, -0.25) is 4.79 Å². The first-order chi connectivity index (χ1) is 10.8. The number of carbonyl (C=O) groups is 1. The van der Waals surface area contributed by atoms with Gasteiger partial charge in [0.2, 0.25) is 5.91 Å². The fourth-order valence-electron chi connectivity index (χ4n) is 2.13. The summed E-state index contributed by atoms with van der Waals surface area (Å²) in [5.41, 5.74) is 3.10. The standard InChI is InChI=1S/C18H16N2OS/c21-17(19-12-14-7-3-1-4-8-14)11-18-20-16(13-22-18)15-9-5-2-6-10-15/h1-10,13H,11-12H2,(H,19,21). The summed E-state index contributed by atoms with van der Waals surface area (Å²) in [6.45, 7) is 0.552. The number of rotatable bonds is 5. The molecule has 1 N–H and O–H groups in total. The van der Waals surface area contributed by atoms with Crippen LogP contribution in [-0.4, -0.2) is 10.9 Å². The van der Waals surface area contributed by atoms with Crippen LogP contribution in [0.5, 0.6) is 0 Å². The number of thiazole rings is 1. The summed E-state index contributed by atoms with van der Waals surface area (Å²) in [5.74, 6) is -0.00202. The number of hydrogen-bond acceptors (Lipinski definition) is 3. The Kier molecular flexibility index (Phi) is 4.61. The van der Waals surface area contributed by atoms with Crippen LogP contribution < -0.4 is 5.32 Å². The average molecular weight is 308 g/mol. The van der Waals surface area contributed by atoms with Gasteiger partial charge in [0, 0.05) is 17.5 Å². The Morgan fingerprint density at radius 3 is 2.41 bits per heavy atom. The van der Waals surface area contributed by atoms with E-state index in [1.165, 1.54) is 11.3 Å². The zero-order chi connectivity index (χ0) is 15.2. The van der Waals surface area contributed by atoms with Gasteiger partial charge in [-0.15, -0.1) is 11.3 Å². The Hall–Kier alpha value is -2.46. The average Bonchev–Trinajstić information content (AvgIpc) is 3.03. The van der Waals surface area contributed by atoms with Crippen LogP contribution in [0, 0.1) is 0 Å². The number of nitrogens with zero attached hydrogens (tertiary/aromatic N) is 1. The van der Waals surface area contributed by atoms with Crippen LogP contribution in [0.15, 0.2) is 66.0 Å². The van der Waals surface area contributed by atoms with Crippen molar-refractivity contribution in [2.45, 2.75) is 13.0 Å². The molecule has 1 heterocycles. The highest BCUT2D eigenvalue weighted by Gasteiger charge is 2.08. The van der Waals surface area contributed by atoms with E-state index in [2.05, 4.69) is 10.3 Å². The molecule has 3 nitrogen and oxygen atoms in total. The van der Waals surface area contributed by atoms with Gasteiger partial charge in [-0.2, -0.15) is 0 Å². The molecular formula is C18H16N2OS. The first kappa shape index (κ1) is 14.5. The van der Waals surface area contributed by atoms with Gasteiger partial charge < -0.3 is 5.32 Å². The minimum atomic E-state index is -0.00202. The molecule has 0 fully saturated rings. The molecule has 0 spiro atoms. The van der Waals surface area contributed by atoms with E-state index in [1.807, 2.05) is 66.0 Å². The third-order valence-electron chi connectivity index (χ3n) is 3.27. The smallest absolute Gasteiger partial charge is 0.227 e. The lowest BCUT2D eigenvalue weighted by Gasteiger charge is -2.03. The molecule has 0 aliphatic heterocycles. The van der Waals surface area contributed by atoms with Crippen molar-refractivity contribution in [1.82, 2.24) is 10.3 Å². The molecular weight excluding hydrogens is 292 g/mol. The first-order valence-corrected chi connectivity index (χ1v) is 8.00. The monoisotopic (exact) mass is 308 g/mol. The second-order valence-corrected chi connectivity index (χ2v) is 5.87. The third kappa shape index (κ3) is 3.80. The highest BCUT2D eigenvalue weighted by atomic mass is 32.1. The van der Waals surface area contributed by atoms with Gasteiger partial charge in [-0.05, 0) is 5.56 Å². The summed E-state index contributed by atoms with van der Waals surface area (Å²) in [7, 11) is 0. The lowest BCUT2D eigenvalue weighted by molar-refractivity contribution is -0.120. The lowest BCUT2D eigenvalue weighted by Crippen LogP contribution is -2.24. The number of hydrogen-bond donors (Lipinski definition) is 1. The maximum atomic E-state index is 12.0. The molecule has 0 saturated carbocycles. The summed E-state index contributed by atoms with van der Waals surface area (Å²) < 4.78 is 0. The Bertz CT molecular complexity index is 738. The summed E-state index contributed by atoms with van der Waals surface area (Å²) in [6.07, 6.45) is 0.324. The second-order valence-electron chi connectivity index (χ2n) is 4.93. The summed E-state index contributed by atoms with van der Waals surface area (Å²) in [5, 5.41) is 5.76. The zero-order valence-electron chi connectivity index (χ0n) is 12.0. The Morgan fingerprint density at radius 2 is 1.68 bits per heavy atom. The van der Waals surface area contributed by atoms with E-state index >= 15 is 0 Å². The highest BCUT2D eigenvalue weighted by molar-refractivity contribution is 7.10. The molecule has 4 heteroatoms. The number of nitrogens with one attached hydrogen (secondary N) is 1. The normalized spacial score (nSPS) is 10.4. The van der Waals surface area contributed by atoms with Crippen LogP contribution in [0.3, 0.4) is 0 Å². The van der Waals surface area contributed by atoms with E-state index < -0.39 is 0 Å². The highest BCUT2D eigenvalue weighted by Crippen LogP contribution is 2.21. The van der Waals surface area contributed by atoms with Crippen molar-refractivity contribution in [3.63, 3.8) is 0 Å². The van der Waals surface area contributed by atoms with Gasteiger partial charge in [0.05, 0.1) is 12.1 Å². The number of carbonyl (C=O) groups excluding carboxylic acids is 1. The van der Waals surface area contributed by atoms with Crippen molar-refractivity contribution in [3.8, 4) is 11.3 Å². The molecule has 0 radical (unpaired) electrons. The molecule has 0 saturated heterocycles. The molecule has 3 aromatic rings. The SMILES string of the molecule is O=C(Cc1nc(-c2ccccc2)cs1)NCc1ccccc1. The summed E-state index contributed by atoms with van der Waals surface area (Å²) in [6, 6.07) is 19.9. The van der Waals surface area contributed by atoms with Crippen LogP contribution in [0.25, 0.3) is 11.3 Å². The molecule has 1 amide bonds. The molecule has 0 aliphatic rings. The van der Waals surface area contributed by atoms with E-state index in [1.54, 1.807) is 0 Å². The van der Waals surface area contributed by atoms with Gasteiger partial charge in [0.25, 0.3) is 0 Å². The third-order valence-corrected chi connectivity index (χ3v) is 4.11. The molecule has 0 unspecified atom stereocenters. The van der Waals surface area contributed by atoms with Crippen LogP contribution in [0.2, 0.25) is 0 Å². The van der Waals surface area contributed by atoms with Crippen LogP contribution in [-0.2, 0) is 17.8 Å². The molecule has 1 aromatic heterocycles. The number of amides is 1. The van der Waals surface area contributed by atoms with Gasteiger partial charge in [0.15, 0.2) is 0 Å². The fraction of sp³-hybridized carbons (Fsp3) is 0.111. The van der Waals surface area contributed by atoms with Crippen molar-refractivity contribution in [1.29, 1.82) is 0 Å². The van der Waals surface area contributed by atoms with E-state index in [4.69, 9.17) is 0 Å².